The van der Waals surface area contributed by atoms with E-state index in [-0.39, 0.29) is 13.2 Å². The van der Waals surface area contributed by atoms with E-state index < -0.39 is 5.97 Å². The van der Waals surface area contributed by atoms with Gasteiger partial charge in [0.05, 0.1) is 31.6 Å². The molecule has 6 nitrogen and oxygen atoms in total. The monoisotopic (exact) mass is 254 g/mol. The van der Waals surface area contributed by atoms with Gasteiger partial charge in [0.25, 0.3) is 0 Å². The van der Waals surface area contributed by atoms with Crippen LogP contribution in [0.2, 0.25) is 0 Å². The quantitative estimate of drug-likeness (QED) is 0.482. The number of hydrogen-bond donors (Lipinski definition) is 3. The van der Waals surface area contributed by atoms with Gasteiger partial charge in [-0.25, -0.2) is 4.79 Å². The summed E-state index contributed by atoms with van der Waals surface area (Å²) in [6, 6.07) is 4.85. The lowest BCUT2D eigenvalue weighted by Crippen LogP contribution is -2.31. The molecule has 0 radical (unpaired) electrons. The minimum atomic E-state index is -0.502. The Morgan fingerprint density at radius 2 is 1.94 bits per heavy atom. The lowest BCUT2D eigenvalue weighted by atomic mass is 10.1. The lowest BCUT2D eigenvalue weighted by molar-refractivity contribution is 0.0601. The van der Waals surface area contributed by atoms with E-state index in [9.17, 15) is 4.79 Å². The number of ether oxygens (including phenoxy) is 1. The van der Waals surface area contributed by atoms with Crippen molar-refractivity contribution in [1.29, 1.82) is 0 Å². The first-order valence-electron chi connectivity index (χ1n) is 5.58. The third-order valence-electron chi connectivity index (χ3n) is 2.51. The molecule has 0 aromatic heterocycles. The second kappa shape index (κ2) is 6.83. The highest BCUT2D eigenvalue weighted by Gasteiger charge is 2.17. The fourth-order valence-corrected chi connectivity index (χ4v) is 1.70. The number of hydrogen-bond acceptors (Lipinski definition) is 6. The largest absolute Gasteiger partial charge is 0.465 e. The molecule has 0 amide bonds. The lowest BCUT2D eigenvalue weighted by Gasteiger charge is -2.25. The SMILES string of the molecule is COC(=O)c1cc(N)ccc1N(CCO)CCO. The molecule has 0 bridgehead atoms. The molecule has 0 saturated carbocycles. The van der Waals surface area contributed by atoms with E-state index in [1.54, 1.807) is 17.0 Å². The van der Waals surface area contributed by atoms with Crippen molar-refractivity contribution in [1.82, 2.24) is 0 Å². The molecule has 0 aliphatic carbocycles. The van der Waals surface area contributed by atoms with Crippen LogP contribution < -0.4 is 10.6 Å². The molecular formula is C12H18N2O4. The zero-order chi connectivity index (χ0) is 13.5. The van der Waals surface area contributed by atoms with Crippen LogP contribution in [-0.4, -0.2) is 49.6 Å². The number of esters is 1. The number of anilines is 2. The Balaban J connectivity index is 3.15. The summed E-state index contributed by atoms with van der Waals surface area (Å²) in [5.41, 5.74) is 7.00. The number of nitrogens with two attached hydrogens (primary N) is 1. The van der Waals surface area contributed by atoms with E-state index in [2.05, 4.69) is 0 Å². The van der Waals surface area contributed by atoms with Gasteiger partial charge in [-0.1, -0.05) is 0 Å². The molecule has 0 fully saturated rings. The third kappa shape index (κ3) is 3.35. The van der Waals surface area contributed by atoms with Gasteiger partial charge >= 0.3 is 5.97 Å². The highest BCUT2D eigenvalue weighted by atomic mass is 16.5. The van der Waals surface area contributed by atoms with Crippen molar-refractivity contribution in [3.8, 4) is 0 Å². The maximum atomic E-state index is 11.7. The smallest absolute Gasteiger partial charge is 0.340 e. The minimum Gasteiger partial charge on any atom is -0.465 e. The number of rotatable bonds is 6. The molecule has 100 valence electrons. The molecule has 0 saturated heterocycles. The summed E-state index contributed by atoms with van der Waals surface area (Å²) in [5.74, 6) is -0.502. The number of carbonyl (C=O) groups excluding carboxylic acids is 1. The molecule has 0 aliphatic heterocycles. The predicted octanol–water partition coefficient (Wildman–Crippen LogP) is -0.154. The molecular weight excluding hydrogens is 236 g/mol. The number of carbonyl (C=O) groups is 1. The van der Waals surface area contributed by atoms with Gasteiger partial charge in [-0.05, 0) is 18.2 Å². The van der Waals surface area contributed by atoms with Crippen molar-refractivity contribution >= 4 is 17.3 Å². The van der Waals surface area contributed by atoms with Crippen molar-refractivity contribution in [3.05, 3.63) is 23.8 Å². The molecule has 0 spiro atoms. The van der Waals surface area contributed by atoms with Crippen LogP contribution in [0.5, 0.6) is 0 Å². The van der Waals surface area contributed by atoms with Crippen molar-refractivity contribution in [2.24, 2.45) is 0 Å². The summed E-state index contributed by atoms with van der Waals surface area (Å²) in [5, 5.41) is 18.0. The van der Waals surface area contributed by atoms with Gasteiger partial charge in [0.1, 0.15) is 0 Å². The normalized spacial score (nSPS) is 10.2. The summed E-state index contributed by atoms with van der Waals surface area (Å²) in [7, 11) is 1.29. The summed E-state index contributed by atoms with van der Waals surface area (Å²) >= 11 is 0. The topological polar surface area (TPSA) is 96.0 Å². The fraction of sp³-hybridized carbons (Fsp3) is 0.417. The van der Waals surface area contributed by atoms with E-state index in [4.69, 9.17) is 20.7 Å². The molecule has 1 aromatic rings. The Labute approximate surface area is 106 Å². The Morgan fingerprint density at radius 1 is 1.33 bits per heavy atom. The molecule has 6 heteroatoms. The van der Waals surface area contributed by atoms with Gasteiger partial charge in [-0.2, -0.15) is 0 Å². The van der Waals surface area contributed by atoms with Crippen molar-refractivity contribution in [2.75, 3.05) is 44.0 Å². The second-order valence-electron chi connectivity index (χ2n) is 3.70. The van der Waals surface area contributed by atoms with Crippen molar-refractivity contribution in [3.63, 3.8) is 0 Å². The second-order valence-corrected chi connectivity index (χ2v) is 3.70. The van der Waals surface area contributed by atoms with E-state index in [0.29, 0.717) is 30.0 Å². The zero-order valence-corrected chi connectivity index (χ0v) is 10.3. The Bertz CT molecular complexity index is 403. The third-order valence-corrected chi connectivity index (χ3v) is 2.51. The first-order chi connectivity index (χ1) is 8.63. The van der Waals surface area contributed by atoms with Crippen LogP contribution in [0.25, 0.3) is 0 Å². The summed E-state index contributed by atoms with van der Waals surface area (Å²) in [6.07, 6.45) is 0. The van der Waals surface area contributed by atoms with E-state index in [0.717, 1.165) is 0 Å². The molecule has 0 atom stereocenters. The van der Waals surface area contributed by atoms with Gasteiger partial charge in [-0.15, -0.1) is 0 Å². The van der Waals surface area contributed by atoms with Crippen LogP contribution in [0.3, 0.4) is 0 Å². The van der Waals surface area contributed by atoms with Gasteiger partial charge in [0.15, 0.2) is 0 Å². The minimum absolute atomic E-state index is 0.0784. The molecule has 4 N–H and O–H groups in total. The highest BCUT2D eigenvalue weighted by Crippen LogP contribution is 2.23. The number of aliphatic hydroxyl groups excluding tert-OH is 2. The predicted molar refractivity (Wildman–Crippen MR) is 68.6 cm³/mol. The Hall–Kier alpha value is -1.79. The molecule has 1 rings (SSSR count). The summed E-state index contributed by atoms with van der Waals surface area (Å²) < 4.78 is 4.69. The first kappa shape index (κ1) is 14.3. The summed E-state index contributed by atoms with van der Waals surface area (Å²) in [6.45, 7) is 0.471. The van der Waals surface area contributed by atoms with Gasteiger partial charge in [0.2, 0.25) is 0 Å². The van der Waals surface area contributed by atoms with Crippen LogP contribution in [0.15, 0.2) is 18.2 Å². The van der Waals surface area contributed by atoms with E-state index in [1.807, 2.05) is 0 Å². The Kier molecular flexibility index (Phi) is 5.41. The summed E-state index contributed by atoms with van der Waals surface area (Å²) in [4.78, 5) is 13.4. The van der Waals surface area contributed by atoms with Gasteiger partial charge in [0, 0.05) is 18.8 Å². The maximum absolute atomic E-state index is 11.7. The standard InChI is InChI=1S/C12H18N2O4/c1-18-12(17)10-8-9(13)2-3-11(10)14(4-6-15)5-7-16/h2-3,8,15-16H,4-7,13H2,1H3. The van der Waals surface area contributed by atoms with Crippen LogP contribution in [0.1, 0.15) is 10.4 Å². The molecule has 1 aromatic carbocycles. The highest BCUT2D eigenvalue weighted by molar-refractivity contribution is 5.96. The van der Waals surface area contributed by atoms with Crippen LogP contribution in [0.4, 0.5) is 11.4 Å². The zero-order valence-electron chi connectivity index (χ0n) is 10.3. The van der Waals surface area contributed by atoms with Gasteiger partial charge < -0.3 is 25.6 Å². The van der Waals surface area contributed by atoms with Crippen LogP contribution >= 0.6 is 0 Å². The maximum Gasteiger partial charge on any atom is 0.340 e. The number of nitrogen functional groups attached to an aromatic ring is 1. The van der Waals surface area contributed by atoms with Crippen molar-refractivity contribution < 1.29 is 19.7 Å². The molecule has 0 heterocycles. The number of methoxy groups -OCH3 is 1. The molecule has 0 unspecified atom stereocenters. The molecule has 18 heavy (non-hydrogen) atoms. The number of benzene rings is 1. The number of aliphatic hydroxyl groups is 2. The first-order valence-corrected chi connectivity index (χ1v) is 5.58. The number of nitrogens with zero attached hydrogens (tertiary/aromatic N) is 1. The Morgan fingerprint density at radius 3 is 2.44 bits per heavy atom. The average Bonchev–Trinajstić information content (AvgIpc) is 2.37. The van der Waals surface area contributed by atoms with Gasteiger partial charge in [-0.3, -0.25) is 0 Å². The van der Waals surface area contributed by atoms with E-state index >= 15 is 0 Å². The fourth-order valence-electron chi connectivity index (χ4n) is 1.70. The van der Waals surface area contributed by atoms with Crippen LogP contribution in [-0.2, 0) is 4.74 Å². The molecule has 0 aliphatic rings. The van der Waals surface area contributed by atoms with E-state index in [1.165, 1.54) is 13.2 Å². The van der Waals surface area contributed by atoms with Crippen LogP contribution in [0, 0.1) is 0 Å². The van der Waals surface area contributed by atoms with Crippen molar-refractivity contribution in [2.45, 2.75) is 0 Å². The average molecular weight is 254 g/mol.